The maximum Gasteiger partial charge on any atom is 0.294 e. The number of imidazole rings is 1. The summed E-state index contributed by atoms with van der Waals surface area (Å²) in [6.07, 6.45) is 3.99. The van der Waals surface area contributed by atoms with E-state index in [2.05, 4.69) is 45.1 Å². The minimum Gasteiger partial charge on any atom is -0.472 e. The van der Waals surface area contributed by atoms with Crippen LogP contribution >= 0.6 is 11.3 Å². The molecule has 0 aliphatic rings. The van der Waals surface area contributed by atoms with E-state index in [4.69, 9.17) is 4.74 Å². The van der Waals surface area contributed by atoms with Gasteiger partial charge in [0.05, 0.1) is 19.0 Å². The van der Waals surface area contributed by atoms with Crippen molar-refractivity contribution in [2.45, 2.75) is 0 Å². The first-order valence-corrected chi connectivity index (χ1v) is 7.02. The van der Waals surface area contributed by atoms with Crippen LogP contribution in [0.2, 0.25) is 0 Å². The SMILES string of the molecule is COc1nn2cc(-c3ccc4ccn(C)c4c3)nc2s1. The van der Waals surface area contributed by atoms with Gasteiger partial charge in [-0.25, -0.2) is 9.50 Å². The predicted octanol–water partition coefficient (Wildman–Crippen LogP) is 2.96. The molecule has 0 saturated heterocycles. The third-order valence-electron chi connectivity index (χ3n) is 3.38. The first kappa shape index (κ1) is 11.5. The number of aromatic nitrogens is 4. The van der Waals surface area contributed by atoms with Crippen LogP contribution in [0.1, 0.15) is 0 Å². The molecule has 0 N–H and O–H groups in total. The molecule has 0 atom stereocenters. The van der Waals surface area contributed by atoms with Crippen molar-refractivity contribution in [1.82, 2.24) is 19.2 Å². The van der Waals surface area contributed by atoms with E-state index < -0.39 is 0 Å². The van der Waals surface area contributed by atoms with E-state index in [-0.39, 0.29) is 0 Å². The second kappa shape index (κ2) is 4.08. The van der Waals surface area contributed by atoms with E-state index in [1.54, 1.807) is 11.6 Å². The molecule has 3 aromatic heterocycles. The van der Waals surface area contributed by atoms with E-state index in [1.165, 1.54) is 22.2 Å². The summed E-state index contributed by atoms with van der Waals surface area (Å²) in [6.45, 7) is 0. The van der Waals surface area contributed by atoms with Crippen molar-refractivity contribution in [2.24, 2.45) is 7.05 Å². The number of benzene rings is 1. The summed E-state index contributed by atoms with van der Waals surface area (Å²) in [5, 5.41) is 6.15. The van der Waals surface area contributed by atoms with E-state index in [1.807, 2.05) is 13.2 Å². The lowest BCUT2D eigenvalue weighted by Crippen LogP contribution is -1.86. The normalized spacial score (nSPS) is 11.5. The van der Waals surface area contributed by atoms with Gasteiger partial charge in [0.1, 0.15) is 0 Å². The summed E-state index contributed by atoms with van der Waals surface area (Å²) in [7, 11) is 3.66. The molecule has 1 aromatic carbocycles. The summed E-state index contributed by atoms with van der Waals surface area (Å²) in [5.41, 5.74) is 3.22. The quantitative estimate of drug-likeness (QED) is 0.568. The first-order valence-electron chi connectivity index (χ1n) is 6.20. The highest BCUT2D eigenvalue weighted by molar-refractivity contribution is 7.18. The molecule has 100 valence electrons. The molecule has 0 aliphatic carbocycles. The Hall–Kier alpha value is -2.34. The first-order chi connectivity index (χ1) is 9.74. The minimum absolute atomic E-state index is 0.622. The molecule has 0 unspecified atom stereocenters. The van der Waals surface area contributed by atoms with E-state index in [9.17, 15) is 0 Å². The molecule has 6 heteroatoms. The lowest BCUT2D eigenvalue weighted by molar-refractivity contribution is 0.405. The zero-order chi connectivity index (χ0) is 13.7. The molecule has 20 heavy (non-hydrogen) atoms. The zero-order valence-corrected chi connectivity index (χ0v) is 11.9. The fourth-order valence-electron chi connectivity index (χ4n) is 2.33. The van der Waals surface area contributed by atoms with Gasteiger partial charge in [-0.05, 0) is 28.9 Å². The Labute approximate surface area is 119 Å². The van der Waals surface area contributed by atoms with E-state index in [0.717, 1.165) is 16.2 Å². The van der Waals surface area contributed by atoms with Crippen LogP contribution in [0.5, 0.6) is 5.19 Å². The van der Waals surface area contributed by atoms with Crippen LogP contribution in [-0.2, 0) is 7.05 Å². The summed E-state index contributed by atoms with van der Waals surface area (Å²) in [6, 6.07) is 8.47. The van der Waals surface area contributed by atoms with Crippen LogP contribution in [-0.4, -0.2) is 26.3 Å². The maximum absolute atomic E-state index is 5.11. The fraction of sp³-hybridized carbons (Fsp3) is 0.143. The molecular weight excluding hydrogens is 272 g/mol. The van der Waals surface area contributed by atoms with Gasteiger partial charge in [0.15, 0.2) is 0 Å². The van der Waals surface area contributed by atoms with Gasteiger partial charge in [-0.15, -0.1) is 5.10 Å². The van der Waals surface area contributed by atoms with Crippen molar-refractivity contribution in [1.29, 1.82) is 0 Å². The molecule has 4 rings (SSSR count). The number of nitrogens with zero attached hydrogens (tertiary/aromatic N) is 4. The Balaban J connectivity index is 1.86. The van der Waals surface area contributed by atoms with Crippen LogP contribution in [0.15, 0.2) is 36.7 Å². The second-order valence-corrected chi connectivity index (χ2v) is 5.54. The number of methoxy groups -OCH3 is 1. The molecule has 4 aromatic rings. The lowest BCUT2D eigenvalue weighted by atomic mass is 10.1. The maximum atomic E-state index is 5.11. The van der Waals surface area contributed by atoms with Gasteiger partial charge in [0, 0.05) is 24.3 Å². The molecule has 0 amide bonds. The lowest BCUT2D eigenvalue weighted by Gasteiger charge is -1.99. The van der Waals surface area contributed by atoms with Crippen LogP contribution < -0.4 is 4.74 Å². The average Bonchev–Trinajstić information content (AvgIpc) is 3.11. The molecule has 0 fully saturated rings. The fourth-order valence-corrected chi connectivity index (χ4v) is 3.02. The van der Waals surface area contributed by atoms with Crippen molar-refractivity contribution in [2.75, 3.05) is 7.11 Å². The third kappa shape index (κ3) is 1.61. The van der Waals surface area contributed by atoms with Crippen molar-refractivity contribution < 1.29 is 4.74 Å². The Morgan fingerprint density at radius 2 is 2.15 bits per heavy atom. The van der Waals surface area contributed by atoms with E-state index in [0.29, 0.717) is 5.19 Å². The van der Waals surface area contributed by atoms with Gasteiger partial charge in [0.25, 0.3) is 5.19 Å². The molecule has 0 radical (unpaired) electrons. The molecule has 0 saturated carbocycles. The smallest absolute Gasteiger partial charge is 0.294 e. The van der Waals surface area contributed by atoms with Crippen LogP contribution in [0.4, 0.5) is 0 Å². The van der Waals surface area contributed by atoms with Gasteiger partial charge < -0.3 is 9.30 Å². The topological polar surface area (TPSA) is 44.4 Å². The van der Waals surface area contributed by atoms with Crippen molar-refractivity contribution >= 4 is 27.2 Å². The summed E-state index contributed by atoms with van der Waals surface area (Å²) >= 11 is 1.43. The van der Waals surface area contributed by atoms with Gasteiger partial charge in [-0.2, -0.15) is 0 Å². The van der Waals surface area contributed by atoms with Crippen molar-refractivity contribution in [3.63, 3.8) is 0 Å². The Morgan fingerprint density at radius 1 is 1.25 bits per heavy atom. The third-order valence-corrected chi connectivity index (χ3v) is 4.27. The number of hydrogen-bond donors (Lipinski definition) is 0. The minimum atomic E-state index is 0.622. The van der Waals surface area contributed by atoms with Crippen LogP contribution in [0.3, 0.4) is 0 Å². The van der Waals surface area contributed by atoms with E-state index >= 15 is 0 Å². The predicted molar refractivity (Wildman–Crippen MR) is 79.3 cm³/mol. The van der Waals surface area contributed by atoms with Crippen molar-refractivity contribution in [3.05, 3.63) is 36.7 Å². The van der Waals surface area contributed by atoms with Gasteiger partial charge in [-0.1, -0.05) is 12.1 Å². The van der Waals surface area contributed by atoms with Gasteiger partial charge in [0.2, 0.25) is 4.96 Å². The standard InChI is InChI=1S/C14H12N4OS/c1-17-6-5-9-3-4-10(7-12(9)17)11-8-18-13(15-11)20-14(16-18)19-2/h3-8H,1-2H3. The molecule has 0 spiro atoms. The Kier molecular flexibility index (Phi) is 2.34. The highest BCUT2D eigenvalue weighted by Gasteiger charge is 2.10. The molecule has 0 aliphatic heterocycles. The molecule has 0 bridgehead atoms. The summed E-state index contributed by atoms with van der Waals surface area (Å²) in [5.74, 6) is 0. The van der Waals surface area contributed by atoms with Crippen molar-refractivity contribution in [3.8, 4) is 16.5 Å². The number of aryl methyl sites for hydroxylation is 1. The largest absolute Gasteiger partial charge is 0.472 e. The number of ether oxygens (including phenoxy) is 1. The Morgan fingerprint density at radius 3 is 2.95 bits per heavy atom. The average molecular weight is 284 g/mol. The Bertz CT molecular complexity index is 886. The second-order valence-electron chi connectivity index (χ2n) is 4.63. The summed E-state index contributed by atoms with van der Waals surface area (Å²) < 4.78 is 8.98. The molecular formula is C14H12N4OS. The summed E-state index contributed by atoms with van der Waals surface area (Å²) in [4.78, 5) is 5.44. The highest BCUT2D eigenvalue weighted by Crippen LogP contribution is 2.27. The van der Waals surface area contributed by atoms with Gasteiger partial charge >= 0.3 is 0 Å². The van der Waals surface area contributed by atoms with Crippen LogP contribution in [0.25, 0.3) is 27.1 Å². The van der Waals surface area contributed by atoms with Crippen LogP contribution in [0, 0.1) is 0 Å². The van der Waals surface area contributed by atoms with Gasteiger partial charge in [-0.3, -0.25) is 0 Å². The number of rotatable bonds is 2. The highest BCUT2D eigenvalue weighted by atomic mass is 32.1. The number of fused-ring (bicyclic) bond motifs is 2. The molecule has 5 nitrogen and oxygen atoms in total. The molecule has 3 heterocycles. The zero-order valence-electron chi connectivity index (χ0n) is 11.1. The number of hydrogen-bond acceptors (Lipinski definition) is 4. The monoisotopic (exact) mass is 284 g/mol.